The van der Waals surface area contributed by atoms with Gasteiger partial charge in [-0.3, -0.25) is 5.10 Å². The topological polar surface area (TPSA) is 52.1 Å². The molecule has 0 radical (unpaired) electrons. The summed E-state index contributed by atoms with van der Waals surface area (Å²) in [5.41, 5.74) is 1.71. The zero-order valence-corrected chi connectivity index (χ0v) is 12.9. The van der Waals surface area contributed by atoms with Gasteiger partial charge in [0, 0.05) is 17.0 Å². The van der Waals surface area contributed by atoms with E-state index < -0.39 is 6.10 Å². The Kier molecular flexibility index (Phi) is 4.78. The van der Waals surface area contributed by atoms with Crippen molar-refractivity contribution in [2.24, 2.45) is 0 Å². The number of rotatable bonds is 4. The molecule has 1 aromatic heterocycles. The quantitative estimate of drug-likeness (QED) is 0.908. The molecule has 0 aliphatic carbocycles. The molecule has 1 saturated heterocycles. The minimum atomic E-state index is -0.514. The molecule has 21 heavy (non-hydrogen) atoms. The van der Waals surface area contributed by atoms with Gasteiger partial charge in [0.2, 0.25) is 0 Å². The highest BCUT2D eigenvalue weighted by Gasteiger charge is 2.16. The molecule has 1 unspecified atom stereocenters. The molecule has 3 rings (SSSR count). The van der Waals surface area contributed by atoms with Gasteiger partial charge in [-0.2, -0.15) is 5.10 Å². The predicted molar refractivity (Wildman–Crippen MR) is 85.6 cm³/mol. The monoisotopic (exact) mass is 307 g/mol. The number of aromatic amines is 1. The molecule has 0 spiro atoms. The minimum Gasteiger partial charge on any atom is -0.388 e. The van der Waals surface area contributed by atoms with E-state index in [2.05, 4.69) is 15.1 Å². The molecule has 1 aliphatic heterocycles. The van der Waals surface area contributed by atoms with E-state index in [1.54, 1.807) is 6.20 Å². The zero-order chi connectivity index (χ0) is 14.7. The maximum atomic E-state index is 10.5. The molecular formula is C16H22ClN3O. The Hall–Kier alpha value is -1.10. The number of aromatic nitrogens is 2. The Labute approximate surface area is 130 Å². The number of nitrogens with one attached hydrogen (secondary N) is 1. The second kappa shape index (κ2) is 6.77. The van der Waals surface area contributed by atoms with Crippen molar-refractivity contribution in [2.75, 3.05) is 19.6 Å². The average molecular weight is 308 g/mol. The molecule has 1 fully saturated rings. The van der Waals surface area contributed by atoms with Gasteiger partial charge >= 0.3 is 0 Å². The number of H-pyrrole nitrogens is 1. The number of nitrogens with zero attached hydrogens (tertiary/aromatic N) is 2. The van der Waals surface area contributed by atoms with Crippen molar-refractivity contribution in [1.82, 2.24) is 15.1 Å². The highest BCUT2D eigenvalue weighted by molar-refractivity contribution is 6.32. The molecule has 1 atom stereocenters. The molecule has 5 heteroatoms. The molecule has 0 bridgehead atoms. The van der Waals surface area contributed by atoms with E-state index in [1.165, 1.54) is 25.7 Å². The second-order valence-electron chi connectivity index (χ2n) is 5.89. The summed E-state index contributed by atoms with van der Waals surface area (Å²) in [5.74, 6) is 0. The van der Waals surface area contributed by atoms with Crippen molar-refractivity contribution >= 4 is 22.5 Å². The predicted octanol–water partition coefficient (Wildman–Crippen LogP) is 3.52. The van der Waals surface area contributed by atoms with Crippen molar-refractivity contribution in [1.29, 1.82) is 0 Å². The van der Waals surface area contributed by atoms with E-state index in [1.807, 2.05) is 12.1 Å². The van der Waals surface area contributed by atoms with Crippen LogP contribution in [0.25, 0.3) is 10.9 Å². The number of likely N-dealkylation sites (tertiary alicyclic amines) is 1. The lowest BCUT2D eigenvalue weighted by molar-refractivity contribution is 0.143. The normalized spacial score (nSPS) is 18.8. The summed E-state index contributed by atoms with van der Waals surface area (Å²) in [5, 5.41) is 18.9. The number of hydrogen-bond acceptors (Lipinski definition) is 3. The largest absolute Gasteiger partial charge is 0.388 e. The van der Waals surface area contributed by atoms with Gasteiger partial charge < -0.3 is 10.0 Å². The van der Waals surface area contributed by atoms with E-state index in [-0.39, 0.29) is 0 Å². The SMILES string of the molecule is OC(CCN1CCCCCC1)c1cc2cn[nH]c2cc1Cl. The standard InChI is InChI=1S/C16H22ClN3O/c17-14-10-15-12(11-18-19-15)9-13(14)16(21)5-8-20-6-3-1-2-4-7-20/h9-11,16,21H,1-8H2,(H,18,19). The Morgan fingerprint density at radius 2 is 2.00 bits per heavy atom. The number of halogens is 1. The first-order valence-electron chi connectivity index (χ1n) is 7.77. The van der Waals surface area contributed by atoms with Crippen LogP contribution in [0.5, 0.6) is 0 Å². The number of hydrogen-bond donors (Lipinski definition) is 2. The van der Waals surface area contributed by atoms with Crippen molar-refractivity contribution in [3.63, 3.8) is 0 Å². The van der Waals surface area contributed by atoms with Gasteiger partial charge in [0.05, 0.1) is 17.8 Å². The molecule has 1 aliphatic rings. The molecular weight excluding hydrogens is 286 g/mol. The highest BCUT2D eigenvalue weighted by atomic mass is 35.5. The van der Waals surface area contributed by atoms with E-state index in [4.69, 9.17) is 11.6 Å². The molecule has 2 N–H and O–H groups in total. The van der Waals surface area contributed by atoms with Crippen LogP contribution in [0.2, 0.25) is 5.02 Å². The van der Waals surface area contributed by atoms with Gasteiger partial charge in [-0.15, -0.1) is 0 Å². The highest BCUT2D eigenvalue weighted by Crippen LogP contribution is 2.29. The average Bonchev–Trinajstić information content (AvgIpc) is 2.77. The Morgan fingerprint density at radius 1 is 1.24 bits per heavy atom. The molecule has 114 valence electrons. The Bertz CT molecular complexity index is 590. The molecule has 2 aromatic rings. The van der Waals surface area contributed by atoms with Crippen LogP contribution in [0.15, 0.2) is 18.3 Å². The van der Waals surface area contributed by atoms with Crippen LogP contribution in [0.3, 0.4) is 0 Å². The lowest BCUT2D eigenvalue weighted by Gasteiger charge is -2.22. The van der Waals surface area contributed by atoms with Crippen LogP contribution in [0.1, 0.15) is 43.8 Å². The molecule has 4 nitrogen and oxygen atoms in total. The first-order chi connectivity index (χ1) is 10.2. The fourth-order valence-corrected chi connectivity index (χ4v) is 3.35. The lowest BCUT2D eigenvalue weighted by Crippen LogP contribution is -2.26. The van der Waals surface area contributed by atoms with Gasteiger partial charge in [0.1, 0.15) is 0 Å². The van der Waals surface area contributed by atoms with Crippen LogP contribution >= 0.6 is 11.6 Å². The number of fused-ring (bicyclic) bond motifs is 1. The minimum absolute atomic E-state index is 0.514. The van der Waals surface area contributed by atoms with Gasteiger partial charge in [-0.1, -0.05) is 24.4 Å². The van der Waals surface area contributed by atoms with Crippen LogP contribution in [0, 0.1) is 0 Å². The third kappa shape index (κ3) is 3.57. The van der Waals surface area contributed by atoms with E-state index in [0.29, 0.717) is 5.02 Å². The van der Waals surface area contributed by atoms with Crippen LogP contribution in [0.4, 0.5) is 0 Å². The van der Waals surface area contributed by atoms with Gasteiger partial charge in [-0.25, -0.2) is 0 Å². The third-order valence-corrected chi connectivity index (χ3v) is 4.66. The van der Waals surface area contributed by atoms with Crippen molar-refractivity contribution in [3.8, 4) is 0 Å². The summed E-state index contributed by atoms with van der Waals surface area (Å²) in [6.07, 6.45) is 7.19. The van der Waals surface area contributed by atoms with Crippen LogP contribution in [-0.2, 0) is 0 Å². The fraction of sp³-hybridized carbons (Fsp3) is 0.562. The Balaban J connectivity index is 1.65. The first-order valence-corrected chi connectivity index (χ1v) is 8.15. The molecule has 2 heterocycles. The summed E-state index contributed by atoms with van der Waals surface area (Å²) >= 11 is 6.28. The van der Waals surface area contributed by atoms with E-state index >= 15 is 0 Å². The van der Waals surface area contributed by atoms with Crippen molar-refractivity contribution in [2.45, 2.75) is 38.2 Å². The number of aliphatic hydroxyl groups excluding tert-OH is 1. The summed E-state index contributed by atoms with van der Waals surface area (Å²) in [7, 11) is 0. The lowest BCUT2D eigenvalue weighted by atomic mass is 10.0. The first kappa shape index (κ1) is 14.8. The maximum absolute atomic E-state index is 10.5. The summed E-state index contributed by atoms with van der Waals surface area (Å²) in [4.78, 5) is 2.46. The summed E-state index contributed by atoms with van der Waals surface area (Å²) in [6.45, 7) is 3.24. The van der Waals surface area contributed by atoms with Crippen LogP contribution < -0.4 is 0 Å². The molecule has 0 amide bonds. The van der Waals surface area contributed by atoms with Crippen molar-refractivity contribution in [3.05, 3.63) is 28.9 Å². The molecule has 1 aromatic carbocycles. The maximum Gasteiger partial charge on any atom is 0.0816 e. The van der Waals surface area contributed by atoms with E-state index in [9.17, 15) is 5.11 Å². The van der Waals surface area contributed by atoms with Crippen molar-refractivity contribution < 1.29 is 5.11 Å². The van der Waals surface area contributed by atoms with Gasteiger partial charge in [0.15, 0.2) is 0 Å². The number of aliphatic hydroxyl groups is 1. The van der Waals surface area contributed by atoms with E-state index in [0.717, 1.165) is 42.5 Å². The second-order valence-corrected chi connectivity index (χ2v) is 6.30. The summed E-state index contributed by atoms with van der Waals surface area (Å²) < 4.78 is 0. The smallest absolute Gasteiger partial charge is 0.0816 e. The van der Waals surface area contributed by atoms with Crippen LogP contribution in [-0.4, -0.2) is 39.8 Å². The van der Waals surface area contributed by atoms with Gasteiger partial charge in [0.25, 0.3) is 0 Å². The summed E-state index contributed by atoms with van der Waals surface area (Å²) in [6, 6.07) is 3.78. The fourth-order valence-electron chi connectivity index (χ4n) is 3.06. The molecule has 0 saturated carbocycles. The zero-order valence-electron chi connectivity index (χ0n) is 12.2. The third-order valence-electron chi connectivity index (χ3n) is 4.33. The van der Waals surface area contributed by atoms with Gasteiger partial charge in [-0.05, 0) is 50.0 Å². The number of benzene rings is 1. The Morgan fingerprint density at radius 3 is 2.76 bits per heavy atom.